The fraction of sp³-hybridized carbons (Fsp3) is 0.148. The molecule has 34 heavy (non-hydrogen) atoms. The van der Waals surface area contributed by atoms with Gasteiger partial charge in [0.2, 0.25) is 5.91 Å². The van der Waals surface area contributed by atoms with Crippen molar-refractivity contribution >= 4 is 29.0 Å². The first-order valence-corrected chi connectivity index (χ1v) is 12.1. The number of nitrogens with zero attached hydrogens (tertiary/aromatic N) is 1. The van der Waals surface area contributed by atoms with Gasteiger partial charge in [-0.1, -0.05) is 78.5 Å². The molecule has 7 heteroatoms. The Morgan fingerprint density at radius 1 is 0.882 bits per heavy atom. The van der Waals surface area contributed by atoms with Gasteiger partial charge in [0.15, 0.2) is 5.16 Å². The van der Waals surface area contributed by atoms with Crippen LogP contribution in [-0.4, -0.2) is 21.6 Å². The average Bonchev–Trinajstić information content (AvgIpc) is 2.85. The van der Waals surface area contributed by atoms with Gasteiger partial charge < -0.3 is 16.0 Å². The molecule has 0 unspecified atom stereocenters. The Hall–Kier alpha value is -3.84. The number of nitrogen functional groups attached to an aromatic ring is 1. The Bertz CT molecular complexity index is 1300. The number of hydrogen-bond acceptors (Lipinski definition) is 5. The molecule has 0 saturated heterocycles. The number of anilines is 2. The van der Waals surface area contributed by atoms with Crippen LogP contribution in [0.4, 0.5) is 11.4 Å². The lowest BCUT2D eigenvalue weighted by Crippen LogP contribution is -2.12. The lowest BCUT2D eigenvalue weighted by molar-refractivity contribution is -0.116. The zero-order valence-corrected chi connectivity index (χ0v) is 19.5. The summed E-state index contributed by atoms with van der Waals surface area (Å²) in [6, 6.07) is 26.9. The first-order chi connectivity index (χ1) is 16.6. The molecule has 0 atom stereocenters. The van der Waals surface area contributed by atoms with Crippen LogP contribution in [0.5, 0.6) is 0 Å². The van der Waals surface area contributed by atoms with Gasteiger partial charge in [0.1, 0.15) is 0 Å². The number of aromatic nitrogens is 2. The van der Waals surface area contributed by atoms with Crippen molar-refractivity contribution in [3.8, 4) is 22.4 Å². The molecule has 0 fully saturated rings. The van der Waals surface area contributed by atoms with Crippen LogP contribution in [0.15, 0.2) is 94.9 Å². The molecule has 172 valence electrons. The van der Waals surface area contributed by atoms with Crippen LogP contribution in [0, 0.1) is 0 Å². The van der Waals surface area contributed by atoms with Crippen LogP contribution in [0.1, 0.15) is 19.3 Å². The molecule has 0 bridgehead atoms. The molecule has 0 aliphatic heterocycles. The molecule has 1 amide bonds. The molecule has 1 heterocycles. The Labute approximate surface area is 202 Å². The summed E-state index contributed by atoms with van der Waals surface area (Å²) in [5, 5.41) is 3.42. The summed E-state index contributed by atoms with van der Waals surface area (Å²) < 4.78 is 0. The molecule has 0 aliphatic rings. The van der Waals surface area contributed by atoms with Gasteiger partial charge in [0.05, 0.1) is 17.1 Å². The van der Waals surface area contributed by atoms with E-state index in [9.17, 15) is 9.59 Å². The highest BCUT2D eigenvalue weighted by atomic mass is 32.2. The van der Waals surface area contributed by atoms with Gasteiger partial charge in [0, 0.05) is 23.8 Å². The van der Waals surface area contributed by atoms with Gasteiger partial charge in [-0.25, -0.2) is 4.98 Å². The maximum Gasteiger partial charge on any atom is 0.252 e. The number of carbonyl (C=O) groups excluding carboxylic acids is 1. The van der Waals surface area contributed by atoms with Gasteiger partial charge in [-0.3, -0.25) is 9.59 Å². The van der Waals surface area contributed by atoms with Crippen LogP contribution in [0.3, 0.4) is 0 Å². The summed E-state index contributed by atoms with van der Waals surface area (Å²) in [7, 11) is 0. The highest BCUT2D eigenvalue weighted by molar-refractivity contribution is 7.99. The topological polar surface area (TPSA) is 101 Å². The summed E-state index contributed by atoms with van der Waals surface area (Å²) >= 11 is 1.48. The number of H-pyrrole nitrogens is 1. The maximum atomic E-state index is 12.2. The number of benzene rings is 3. The van der Waals surface area contributed by atoms with E-state index in [0.717, 1.165) is 35.3 Å². The third-order valence-electron chi connectivity index (χ3n) is 5.28. The van der Waals surface area contributed by atoms with Gasteiger partial charge in [0.25, 0.3) is 5.56 Å². The predicted octanol–water partition coefficient (Wildman–Crippen LogP) is 5.59. The number of nitrogens with two attached hydrogens (primary N) is 1. The van der Waals surface area contributed by atoms with Crippen molar-refractivity contribution in [2.45, 2.75) is 24.4 Å². The van der Waals surface area contributed by atoms with Crippen LogP contribution in [-0.2, 0) is 4.79 Å². The summed E-state index contributed by atoms with van der Waals surface area (Å²) in [4.78, 5) is 31.7. The molecular formula is C27H26N4O2S. The second-order valence-electron chi connectivity index (χ2n) is 7.82. The SMILES string of the molecule is Nc1ccccc1NC(=O)CCCCSc1nc(-c2ccc(-c3ccccc3)cc2)cc(=O)[nH]1. The highest BCUT2D eigenvalue weighted by Crippen LogP contribution is 2.24. The Kier molecular flexibility index (Phi) is 7.78. The maximum absolute atomic E-state index is 12.2. The normalized spacial score (nSPS) is 10.7. The minimum Gasteiger partial charge on any atom is -0.397 e. The molecular weight excluding hydrogens is 444 g/mol. The molecule has 0 radical (unpaired) electrons. The smallest absolute Gasteiger partial charge is 0.252 e. The lowest BCUT2D eigenvalue weighted by Gasteiger charge is -2.08. The Morgan fingerprint density at radius 2 is 1.56 bits per heavy atom. The fourth-order valence-electron chi connectivity index (χ4n) is 3.50. The molecule has 0 aliphatic carbocycles. The second-order valence-corrected chi connectivity index (χ2v) is 8.90. The second kappa shape index (κ2) is 11.3. The van der Waals surface area contributed by atoms with E-state index in [0.29, 0.717) is 28.6 Å². The van der Waals surface area contributed by atoms with Crippen molar-refractivity contribution < 1.29 is 4.79 Å². The van der Waals surface area contributed by atoms with E-state index in [1.807, 2.05) is 54.6 Å². The number of aromatic amines is 1. The van der Waals surface area contributed by atoms with E-state index in [1.54, 1.807) is 12.1 Å². The van der Waals surface area contributed by atoms with Gasteiger partial charge in [-0.2, -0.15) is 0 Å². The first-order valence-electron chi connectivity index (χ1n) is 11.1. The molecule has 1 aromatic heterocycles. The van der Waals surface area contributed by atoms with E-state index in [-0.39, 0.29) is 11.5 Å². The summed E-state index contributed by atoms with van der Waals surface area (Å²) in [5.74, 6) is 0.690. The van der Waals surface area contributed by atoms with E-state index >= 15 is 0 Å². The summed E-state index contributed by atoms with van der Waals surface area (Å²) in [5.41, 5.74) is 10.7. The third kappa shape index (κ3) is 6.36. The minimum absolute atomic E-state index is 0.0598. The first kappa shape index (κ1) is 23.3. The molecule has 0 saturated carbocycles. The number of unbranched alkanes of at least 4 members (excludes halogenated alkanes) is 1. The van der Waals surface area contributed by atoms with E-state index in [4.69, 9.17) is 5.73 Å². The van der Waals surface area contributed by atoms with Gasteiger partial charge >= 0.3 is 0 Å². The minimum atomic E-state index is -0.181. The molecule has 6 nitrogen and oxygen atoms in total. The molecule has 4 N–H and O–H groups in total. The average molecular weight is 471 g/mol. The zero-order chi connectivity index (χ0) is 23.8. The molecule has 4 rings (SSSR count). The zero-order valence-electron chi connectivity index (χ0n) is 18.7. The number of thioether (sulfide) groups is 1. The Balaban J connectivity index is 1.29. The van der Waals surface area contributed by atoms with Crippen molar-refractivity contribution in [1.29, 1.82) is 0 Å². The number of nitrogens with one attached hydrogen (secondary N) is 2. The van der Waals surface area contributed by atoms with Gasteiger partial charge in [-0.05, 0) is 36.1 Å². The van der Waals surface area contributed by atoms with Crippen LogP contribution >= 0.6 is 11.8 Å². The monoisotopic (exact) mass is 470 g/mol. The van der Waals surface area contributed by atoms with E-state index < -0.39 is 0 Å². The molecule has 3 aromatic carbocycles. The largest absolute Gasteiger partial charge is 0.397 e. The van der Waals surface area contributed by atoms with Crippen molar-refractivity contribution in [2.24, 2.45) is 0 Å². The number of carbonyl (C=O) groups is 1. The number of rotatable bonds is 9. The fourth-order valence-corrected chi connectivity index (χ4v) is 4.37. The number of amides is 1. The molecule has 0 spiro atoms. The standard InChI is InChI=1S/C27H26N4O2S/c28-22-10-4-5-11-23(22)29-25(32)12-6-7-17-34-27-30-24(18-26(33)31-27)21-15-13-20(14-16-21)19-8-2-1-3-9-19/h1-5,8-11,13-16,18H,6-7,12,17,28H2,(H,29,32)(H,30,31,33). The van der Waals surface area contributed by atoms with Crippen molar-refractivity contribution in [3.63, 3.8) is 0 Å². The van der Waals surface area contributed by atoms with Crippen molar-refractivity contribution in [1.82, 2.24) is 9.97 Å². The van der Waals surface area contributed by atoms with E-state index in [2.05, 4.69) is 27.4 Å². The predicted molar refractivity (Wildman–Crippen MR) is 140 cm³/mol. The third-order valence-corrected chi connectivity index (χ3v) is 6.24. The van der Waals surface area contributed by atoms with Gasteiger partial charge in [-0.15, -0.1) is 0 Å². The quantitative estimate of drug-likeness (QED) is 0.128. The summed E-state index contributed by atoms with van der Waals surface area (Å²) in [6.07, 6.45) is 1.96. The molecule has 4 aromatic rings. The van der Waals surface area contributed by atoms with Crippen LogP contribution < -0.4 is 16.6 Å². The lowest BCUT2D eigenvalue weighted by atomic mass is 10.0. The van der Waals surface area contributed by atoms with E-state index in [1.165, 1.54) is 17.8 Å². The summed E-state index contributed by atoms with van der Waals surface area (Å²) in [6.45, 7) is 0. The van der Waals surface area contributed by atoms with Crippen molar-refractivity contribution in [2.75, 3.05) is 16.8 Å². The van der Waals surface area contributed by atoms with Crippen LogP contribution in [0.2, 0.25) is 0 Å². The van der Waals surface area contributed by atoms with Crippen molar-refractivity contribution in [3.05, 3.63) is 95.3 Å². The Morgan fingerprint density at radius 3 is 2.32 bits per heavy atom. The number of para-hydroxylation sites is 2. The number of hydrogen-bond donors (Lipinski definition) is 3. The van der Waals surface area contributed by atoms with Crippen LogP contribution in [0.25, 0.3) is 22.4 Å². The highest BCUT2D eigenvalue weighted by Gasteiger charge is 2.07.